The van der Waals surface area contributed by atoms with Crippen LogP contribution < -0.4 is 5.32 Å². The number of aryl methyl sites for hydroxylation is 1. The van der Waals surface area contributed by atoms with Crippen LogP contribution in [0.25, 0.3) is 0 Å². The minimum Gasteiger partial charge on any atom is -0.465 e. The van der Waals surface area contributed by atoms with Gasteiger partial charge >= 0.3 is 6.18 Å². The summed E-state index contributed by atoms with van der Waals surface area (Å²) in [6.45, 7) is 3.92. The highest BCUT2D eigenvalue weighted by atomic mass is 19.4. The lowest BCUT2D eigenvalue weighted by Crippen LogP contribution is -2.21. The third-order valence-electron chi connectivity index (χ3n) is 3.11. The van der Waals surface area contributed by atoms with E-state index in [2.05, 4.69) is 5.32 Å². The number of rotatable bonds is 4. The lowest BCUT2D eigenvalue weighted by Gasteiger charge is -2.19. The predicted octanol–water partition coefficient (Wildman–Crippen LogP) is 4.46. The number of nitrogens with one attached hydrogen (secondary N) is 1. The SMILES string of the molecule is Cc1ccc(CNC(C)c2ccccc2C(F)(F)F)o1. The summed E-state index contributed by atoms with van der Waals surface area (Å²) in [5.74, 6) is 1.49. The van der Waals surface area contributed by atoms with Crippen LogP contribution >= 0.6 is 0 Å². The first-order valence-electron chi connectivity index (χ1n) is 6.33. The number of alkyl halides is 3. The average molecular weight is 283 g/mol. The molecule has 0 radical (unpaired) electrons. The molecule has 108 valence electrons. The Labute approximate surface area is 115 Å². The molecule has 1 N–H and O–H groups in total. The van der Waals surface area contributed by atoms with Crippen LogP contribution in [0.1, 0.15) is 35.6 Å². The lowest BCUT2D eigenvalue weighted by atomic mass is 10.0. The minimum atomic E-state index is -4.34. The van der Waals surface area contributed by atoms with Crippen molar-refractivity contribution < 1.29 is 17.6 Å². The van der Waals surface area contributed by atoms with E-state index in [1.807, 2.05) is 19.1 Å². The fourth-order valence-electron chi connectivity index (χ4n) is 2.08. The van der Waals surface area contributed by atoms with E-state index in [-0.39, 0.29) is 5.56 Å². The summed E-state index contributed by atoms with van der Waals surface area (Å²) in [7, 11) is 0. The second-order valence-corrected chi connectivity index (χ2v) is 4.70. The van der Waals surface area contributed by atoms with Gasteiger partial charge < -0.3 is 9.73 Å². The average Bonchev–Trinajstić information content (AvgIpc) is 2.81. The van der Waals surface area contributed by atoms with Crippen molar-refractivity contribution in [2.75, 3.05) is 0 Å². The molecule has 0 aliphatic carbocycles. The minimum absolute atomic E-state index is 0.239. The predicted molar refractivity (Wildman–Crippen MR) is 70.1 cm³/mol. The van der Waals surface area contributed by atoms with Gasteiger partial charge in [-0.15, -0.1) is 0 Å². The lowest BCUT2D eigenvalue weighted by molar-refractivity contribution is -0.138. The van der Waals surface area contributed by atoms with E-state index < -0.39 is 17.8 Å². The quantitative estimate of drug-likeness (QED) is 0.896. The van der Waals surface area contributed by atoms with Gasteiger partial charge in [0, 0.05) is 6.04 Å². The molecule has 0 aliphatic rings. The van der Waals surface area contributed by atoms with Crippen molar-refractivity contribution in [3.63, 3.8) is 0 Å². The standard InChI is InChI=1S/C15H16F3NO/c1-10-7-8-12(20-10)9-19-11(2)13-5-3-4-6-14(13)15(16,17)18/h3-8,11,19H,9H2,1-2H3. The van der Waals surface area contributed by atoms with E-state index in [0.29, 0.717) is 12.3 Å². The van der Waals surface area contributed by atoms with Crippen molar-refractivity contribution in [1.29, 1.82) is 0 Å². The van der Waals surface area contributed by atoms with Crippen molar-refractivity contribution in [3.05, 3.63) is 59.0 Å². The van der Waals surface area contributed by atoms with Crippen molar-refractivity contribution in [1.82, 2.24) is 5.32 Å². The van der Waals surface area contributed by atoms with Crippen LogP contribution in [0, 0.1) is 6.92 Å². The Kier molecular flexibility index (Phi) is 4.18. The maximum Gasteiger partial charge on any atom is 0.416 e. The van der Waals surface area contributed by atoms with Gasteiger partial charge in [-0.2, -0.15) is 13.2 Å². The van der Waals surface area contributed by atoms with E-state index in [0.717, 1.165) is 11.8 Å². The summed E-state index contributed by atoms with van der Waals surface area (Å²) in [6, 6.07) is 8.82. The summed E-state index contributed by atoms with van der Waals surface area (Å²) in [5, 5.41) is 3.05. The number of hydrogen-bond acceptors (Lipinski definition) is 2. The summed E-state index contributed by atoms with van der Waals surface area (Å²) in [5.41, 5.74) is -0.362. The van der Waals surface area contributed by atoms with Crippen LogP contribution in [0.5, 0.6) is 0 Å². The third kappa shape index (κ3) is 3.42. The fraction of sp³-hybridized carbons (Fsp3) is 0.333. The largest absolute Gasteiger partial charge is 0.465 e. The van der Waals surface area contributed by atoms with E-state index in [4.69, 9.17) is 4.42 Å². The molecule has 1 aromatic heterocycles. The molecule has 2 nitrogen and oxygen atoms in total. The molecule has 0 aliphatic heterocycles. The van der Waals surface area contributed by atoms with E-state index in [1.165, 1.54) is 12.1 Å². The van der Waals surface area contributed by atoms with Crippen LogP contribution in [0.15, 0.2) is 40.8 Å². The molecule has 5 heteroatoms. The highest BCUT2D eigenvalue weighted by molar-refractivity contribution is 5.32. The zero-order chi connectivity index (χ0) is 14.8. The van der Waals surface area contributed by atoms with Crippen LogP contribution in [-0.2, 0) is 12.7 Å². The van der Waals surface area contributed by atoms with Gasteiger partial charge in [0.25, 0.3) is 0 Å². The van der Waals surface area contributed by atoms with E-state index in [1.54, 1.807) is 13.0 Å². The van der Waals surface area contributed by atoms with Crippen molar-refractivity contribution in [2.24, 2.45) is 0 Å². The normalized spacial score (nSPS) is 13.4. The first-order valence-corrected chi connectivity index (χ1v) is 6.33. The molecular formula is C15H16F3NO. The molecular weight excluding hydrogens is 267 g/mol. The molecule has 0 bridgehead atoms. The Morgan fingerprint density at radius 2 is 1.85 bits per heavy atom. The molecule has 2 rings (SSSR count). The topological polar surface area (TPSA) is 25.2 Å². The Hall–Kier alpha value is -1.75. The highest BCUT2D eigenvalue weighted by Gasteiger charge is 2.34. The smallest absolute Gasteiger partial charge is 0.416 e. The second-order valence-electron chi connectivity index (χ2n) is 4.70. The number of benzene rings is 1. The van der Waals surface area contributed by atoms with E-state index in [9.17, 15) is 13.2 Å². The maximum atomic E-state index is 12.9. The van der Waals surface area contributed by atoms with Crippen molar-refractivity contribution in [2.45, 2.75) is 32.6 Å². The first-order chi connectivity index (χ1) is 9.38. The number of hydrogen-bond donors (Lipinski definition) is 1. The Bertz CT molecular complexity index is 574. The van der Waals surface area contributed by atoms with Gasteiger partial charge in [-0.1, -0.05) is 18.2 Å². The zero-order valence-corrected chi connectivity index (χ0v) is 11.3. The van der Waals surface area contributed by atoms with Gasteiger partial charge in [-0.05, 0) is 37.6 Å². The maximum absolute atomic E-state index is 12.9. The summed E-state index contributed by atoms with van der Waals surface area (Å²) >= 11 is 0. The molecule has 0 fully saturated rings. The molecule has 1 atom stereocenters. The Morgan fingerprint density at radius 3 is 2.45 bits per heavy atom. The van der Waals surface area contributed by atoms with Gasteiger partial charge in [0.2, 0.25) is 0 Å². The fourth-order valence-corrected chi connectivity index (χ4v) is 2.08. The van der Waals surface area contributed by atoms with Gasteiger partial charge in [-0.3, -0.25) is 0 Å². The van der Waals surface area contributed by atoms with Crippen LogP contribution in [-0.4, -0.2) is 0 Å². The molecule has 2 aromatic rings. The molecule has 1 unspecified atom stereocenters. The van der Waals surface area contributed by atoms with Gasteiger partial charge in [0.1, 0.15) is 11.5 Å². The molecule has 1 aromatic carbocycles. The first kappa shape index (κ1) is 14.7. The Balaban J connectivity index is 2.11. The molecule has 0 saturated carbocycles. The molecule has 0 spiro atoms. The number of halogens is 3. The van der Waals surface area contributed by atoms with Gasteiger partial charge in [0.05, 0.1) is 12.1 Å². The van der Waals surface area contributed by atoms with Gasteiger partial charge in [0.15, 0.2) is 0 Å². The van der Waals surface area contributed by atoms with Gasteiger partial charge in [-0.25, -0.2) is 0 Å². The molecule has 20 heavy (non-hydrogen) atoms. The number of furan rings is 1. The van der Waals surface area contributed by atoms with Crippen molar-refractivity contribution >= 4 is 0 Å². The summed E-state index contributed by atoms with van der Waals surface area (Å²) in [6.07, 6.45) is -4.34. The second kappa shape index (κ2) is 5.71. The molecule has 0 saturated heterocycles. The third-order valence-corrected chi connectivity index (χ3v) is 3.11. The zero-order valence-electron chi connectivity index (χ0n) is 11.3. The van der Waals surface area contributed by atoms with Crippen molar-refractivity contribution in [3.8, 4) is 0 Å². The van der Waals surface area contributed by atoms with E-state index >= 15 is 0 Å². The monoisotopic (exact) mass is 283 g/mol. The molecule has 0 amide bonds. The Morgan fingerprint density at radius 1 is 1.15 bits per heavy atom. The van der Waals surface area contributed by atoms with Crippen LogP contribution in [0.2, 0.25) is 0 Å². The van der Waals surface area contributed by atoms with Crippen LogP contribution in [0.4, 0.5) is 13.2 Å². The molecule has 1 heterocycles. The van der Waals surface area contributed by atoms with Crippen LogP contribution in [0.3, 0.4) is 0 Å². The summed E-state index contributed by atoms with van der Waals surface area (Å²) in [4.78, 5) is 0. The summed E-state index contributed by atoms with van der Waals surface area (Å²) < 4.78 is 44.2. The highest BCUT2D eigenvalue weighted by Crippen LogP contribution is 2.34.